The van der Waals surface area contributed by atoms with Gasteiger partial charge in [0.25, 0.3) is 0 Å². The molecule has 2 aliphatic rings. The molecule has 2 fully saturated rings. The average molecular weight is 286 g/mol. The summed E-state index contributed by atoms with van der Waals surface area (Å²) in [5, 5.41) is 18.0. The van der Waals surface area contributed by atoms with Gasteiger partial charge < -0.3 is 24.7 Å². The van der Waals surface area contributed by atoms with Crippen LogP contribution in [0.1, 0.15) is 25.7 Å². The molecule has 0 aromatic carbocycles. The number of aliphatic hydroxyl groups excluding tert-OH is 1. The first-order valence-corrected chi connectivity index (χ1v) is 7.11. The minimum Gasteiger partial charge on any atom is -0.480 e. The minimum absolute atomic E-state index is 0.0218. The fraction of sp³-hybridized carbons (Fsp3) is 0.846. The van der Waals surface area contributed by atoms with Gasteiger partial charge in [0, 0.05) is 26.2 Å². The number of piperidine rings is 2. The van der Waals surface area contributed by atoms with E-state index in [0.717, 1.165) is 0 Å². The van der Waals surface area contributed by atoms with Crippen LogP contribution in [0.2, 0.25) is 0 Å². The third kappa shape index (κ3) is 4.08. The lowest BCUT2D eigenvalue weighted by atomic mass is 10.1. The molecule has 2 rings (SSSR count). The van der Waals surface area contributed by atoms with Crippen molar-refractivity contribution in [2.75, 3.05) is 32.8 Å². The third-order valence-electron chi connectivity index (χ3n) is 3.89. The average Bonchev–Trinajstić information content (AvgIpc) is 2.46. The van der Waals surface area contributed by atoms with Gasteiger partial charge in [-0.05, 0) is 25.7 Å². The second kappa shape index (κ2) is 6.90. The normalized spacial score (nSPS) is 22.1. The lowest BCUT2D eigenvalue weighted by molar-refractivity contribution is -0.145. The highest BCUT2D eigenvalue weighted by atomic mass is 16.5. The number of aliphatic hydroxyl groups is 1. The van der Waals surface area contributed by atoms with Crippen LogP contribution >= 0.6 is 0 Å². The molecule has 2 N–H and O–H groups in total. The first kappa shape index (κ1) is 15.1. The molecule has 20 heavy (non-hydrogen) atoms. The summed E-state index contributed by atoms with van der Waals surface area (Å²) in [4.78, 5) is 26.3. The first-order valence-electron chi connectivity index (χ1n) is 7.11. The lowest BCUT2D eigenvalue weighted by Gasteiger charge is -2.37. The summed E-state index contributed by atoms with van der Waals surface area (Å²) in [5.74, 6) is -0.963. The highest BCUT2D eigenvalue weighted by molar-refractivity contribution is 5.74. The van der Waals surface area contributed by atoms with Crippen LogP contribution in [-0.2, 0) is 9.53 Å². The van der Waals surface area contributed by atoms with Crippen LogP contribution < -0.4 is 0 Å². The summed E-state index contributed by atoms with van der Waals surface area (Å²) < 4.78 is 5.25. The molecule has 0 saturated carbocycles. The smallest absolute Gasteiger partial charge is 0.329 e. The van der Waals surface area contributed by atoms with E-state index in [2.05, 4.69) is 0 Å². The van der Waals surface area contributed by atoms with Crippen molar-refractivity contribution in [3.05, 3.63) is 0 Å². The zero-order chi connectivity index (χ0) is 14.5. The van der Waals surface area contributed by atoms with E-state index in [1.807, 2.05) is 0 Å². The fourth-order valence-corrected chi connectivity index (χ4v) is 2.66. The molecule has 114 valence electrons. The van der Waals surface area contributed by atoms with E-state index in [4.69, 9.17) is 9.84 Å². The number of amides is 2. The Kier molecular flexibility index (Phi) is 5.19. The van der Waals surface area contributed by atoms with E-state index < -0.39 is 5.97 Å². The third-order valence-corrected chi connectivity index (χ3v) is 3.89. The molecule has 2 amide bonds. The molecule has 2 aliphatic heterocycles. The van der Waals surface area contributed by atoms with Crippen molar-refractivity contribution >= 4 is 12.0 Å². The molecule has 0 unspecified atom stereocenters. The number of hydrogen-bond donors (Lipinski definition) is 2. The number of urea groups is 1. The Morgan fingerprint density at radius 3 is 2.00 bits per heavy atom. The quantitative estimate of drug-likeness (QED) is 0.769. The molecule has 7 nitrogen and oxygen atoms in total. The number of nitrogens with zero attached hydrogens (tertiary/aromatic N) is 2. The number of carbonyl (C=O) groups is 2. The Bertz CT molecular complexity index is 347. The Morgan fingerprint density at radius 2 is 1.50 bits per heavy atom. The van der Waals surface area contributed by atoms with Crippen LogP contribution in [0.4, 0.5) is 4.79 Å². The van der Waals surface area contributed by atoms with Crippen LogP contribution in [0.25, 0.3) is 0 Å². The molecule has 0 bridgehead atoms. The summed E-state index contributed by atoms with van der Waals surface area (Å²) in [7, 11) is 0. The molecule has 0 aromatic rings. The maximum absolute atomic E-state index is 12.3. The van der Waals surface area contributed by atoms with Crippen molar-refractivity contribution in [2.24, 2.45) is 0 Å². The number of aliphatic carboxylic acids is 1. The molecule has 0 atom stereocenters. The van der Waals surface area contributed by atoms with Crippen LogP contribution in [-0.4, -0.2) is 77.0 Å². The molecule has 0 aromatic heterocycles. The van der Waals surface area contributed by atoms with Crippen molar-refractivity contribution in [3.8, 4) is 0 Å². The zero-order valence-electron chi connectivity index (χ0n) is 11.5. The summed E-state index contributed by atoms with van der Waals surface area (Å²) in [6.45, 7) is 2.14. The van der Waals surface area contributed by atoms with Gasteiger partial charge in [-0.3, -0.25) is 0 Å². The molecule has 0 aliphatic carbocycles. The fourth-order valence-electron chi connectivity index (χ4n) is 2.66. The summed E-state index contributed by atoms with van der Waals surface area (Å²) in [6.07, 6.45) is 2.28. The SMILES string of the molecule is O=C(O)COC1CCN(C(=O)N2CCC(O)CC2)CC1. The number of hydrogen-bond acceptors (Lipinski definition) is 4. The molecule has 7 heteroatoms. The van der Waals surface area contributed by atoms with E-state index in [0.29, 0.717) is 51.9 Å². The second-order valence-corrected chi connectivity index (χ2v) is 5.39. The molecule has 2 heterocycles. The van der Waals surface area contributed by atoms with E-state index in [9.17, 15) is 14.7 Å². The van der Waals surface area contributed by atoms with Crippen molar-refractivity contribution in [1.82, 2.24) is 9.80 Å². The van der Waals surface area contributed by atoms with Gasteiger partial charge in [0.2, 0.25) is 0 Å². The first-order chi connectivity index (χ1) is 9.56. The predicted molar refractivity (Wildman–Crippen MR) is 70.4 cm³/mol. The van der Waals surface area contributed by atoms with Gasteiger partial charge in [-0.15, -0.1) is 0 Å². The van der Waals surface area contributed by atoms with E-state index in [1.165, 1.54) is 0 Å². The van der Waals surface area contributed by atoms with Gasteiger partial charge in [0.1, 0.15) is 6.61 Å². The Balaban J connectivity index is 1.73. The zero-order valence-corrected chi connectivity index (χ0v) is 11.5. The van der Waals surface area contributed by atoms with E-state index in [-0.39, 0.29) is 24.8 Å². The largest absolute Gasteiger partial charge is 0.480 e. The van der Waals surface area contributed by atoms with Crippen molar-refractivity contribution in [1.29, 1.82) is 0 Å². The second-order valence-electron chi connectivity index (χ2n) is 5.39. The summed E-state index contributed by atoms with van der Waals surface area (Å²) >= 11 is 0. The van der Waals surface area contributed by atoms with Crippen LogP contribution in [0.3, 0.4) is 0 Å². The van der Waals surface area contributed by atoms with Crippen LogP contribution in [0, 0.1) is 0 Å². The number of carboxylic acids is 1. The van der Waals surface area contributed by atoms with Crippen molar-refractivity contribution in [2.45, 2.75) is 37.9 Å². The Hall–Kier alpha value is -1.34. The molecular weight excluding hydrogens is 264 g/mol. The van der Waals surface area contributed by atoms with Gasteiger partial charge in [-0.25, -0.2) is 9.59 Å². The maximum Gasteiger partial charge on any atom is 0.329 e. The van der Waals surface area contributed by atoms with Crippen LogP contribution in [0.15, 0.2) is 0 Å². The number of carboxylic acid groups (broad SMARTS) is 1. The van der Waals surface area contributed by atoms with Crippen molar-refractivity contribution in [3.63, 3.8) is 0 Å². The van der Waals surface area contributed by atoms with E-state index >= 15 is 0 Å². The highest BCUT2D eigenvalue weighted by Gasteiger charge is 2.29. The number of likely N-dealkylation sites (tertiary alicyclic amines) is 2. The molecule has 2 saturated heterocycles. The number of ether oxygens (including phenoxy) is 1. The number of rotatable bonds is 3. The highest BCUT2D eigenvalue weighted by Crippen LogP contribution is 2.17. The van der Waals surface area contributed by atoms with Gasteiger partial charge in [0.05, 0.1) is 12.2 Å². The van der Waals surface area contributed by atoms with Gasteiger partial charge in [-0.2, -0.15) is 0 Å². The minimum atomic E-state index is -0.963. The van der Waals surface area contributed by atoms with Gasteiger partial charge in [0.15, 0.2) is 0 Å². The molecule has 0 radical (unpaired) electrons. The van der Waals surface area contributed by atoms with Gasteiger partial charge in [-0.1, -0.05) is 0 Å². The monoisotopic (exact) mass is 286 g/mol. The molecular formula is C13H22N2O5. The Labute approximate surface area is 118 Å². The van der Waals surface area contributed by atoms with Crippen molar-refractivity contribution < 1.29 is 24.5 Å². The lowest BCUT2D eigenvalue weighted by Crippen LogP contribution is -2.50. The number of carbonyl (C=O) groups excluding carboxylic acids is 1. The summed E-state index contributed by atoms with van der Waals surface area (Å²) in [5.41, 5.74) is 0. The Morgan fingerprint density at radius 1 is 1.00 bits per heavy atom. The predicted octanol–water partition coefficient (Wildman–Crippen LogP) is 0.129. The standard InChI is InChI=1S/C13H22N2O5/c16-10-1-5-14(6-2-10)13(19)15-7-3-11(4-8-15)20-9-12(17)18/h10-11,16H,1-9H2,(H,17,18). The van der Waals surface area contributed by atoms with Crippen LogP contribution in [0.5, 0.6) is 0 Å². The van der Waals surface area contributed by atoms with E-state index in [1.54, 1.807) is 9.80 Å². The van der Waals surface area contributed by atoms with Gasteiger partial charge >= 0.3 is 12.0 Å². The topological polar surface area (TPSA) is 90.3 Å². The summed E-state index contributed by atoms with van der Waals surface area (Å²) in [6, 6.07) is 0.0218. The maximum atomic E-state index is 12.3. The molecule has 0 spiro atoms.